The van der Waals surface area contributed by atoms with Gasteiger partial charge in [0.05, 0.1) is 11.6 Å². The maximum absolute atomic E-state index is 11.0. The molecule has 1 amide bonds. The molecule has 1 aromatic rings. The Labute approximate surface area is 98.0 Å². The van der Waals surface area contributed by atoms with E-state index >= 15 is 0 Å². The van der Waals surface area contributed by atoms with E-state index in [2.05, 4.69) is 5.16 Å². The Hall–Kier alpha value is -1.55. The summed E-state index contributed by atoms with van der Waals surface area (Å²) in [6, 6.07) is 7.21. The quantitative estimate of drug-likeness (QED) is 0.850. The lowest BCUT2D eigenvalue weighted by Gasteiger charge is -2.10. The molecule has 0 radical (unpaired) electrons. The van der Waals surface area contributed by atoms with Crippen LogP contribution in [-0.4, -0.2) is 17.7 Å². The monoisotopic (exact) mass is 238 g/mol. The van der Waals surface area contributed by atoms with Crippen LogP contribution in [0.3, 0.4) is 0 Å². The minimum Gasteiger partial charge on any atom is -0.381 e. The van der Waals surface area contributed by atoms with Gasteiger partial charge >= 0.3 is 0 Å². The van der Waals surface area contributed by atoms with E-state index in [1.165, 1.54) is 0 Å². The second kappa shape index (κ2) is 4.14. The molecule has 4 nitrogen and oxygen atoms in total. The third-order valence-electron chi connectivity index (χ3n) is 2.57. The highest BCUT2D eigenvalue weighted by molar-refractivity contribution is 6.30. The predicted octanol–water partition coefficient (Wildman–Crippen LogP) is 1.56. The molecule has 84 valence electrons. The summed E-state index contributed by atoms with van der Waals surface area (Å²) in [5, 5.41) is 4.55. The highest BCUT2D eigenvalue weighted by Gasteiger charge is 2.35. The summed E-state index contributed by atoms with van der Waals surface area (Å²) in [6.45, 7) is 1.86. The summed E-state index contributed by atoms with van der Waals surface area (Å²) < 4.78 is 0. The zero-order chi connectivity index (χ0) is 11.7. The first-order valence-corrected chi connectivity index (χ1v) is 5.26. The molecule has 0 saturated carbocycles. The van der Waals surface area contributed by atoms with Crippen LogP contribution < -0.4 is 5.73 Å². The van der Waals surface area contributed by atoms with E-state index in [0.717, 1.165) is 11.3 Å². The van der Waals surface area contributed by atoms with Gasteiger partial charge in [0.15, 0.2) is 0 Å². The summed E-state index contributed by atoms with van der Waals surface area (Å²) in [4.78, 5) is 16.1. The van der Waals surface area contributed by atoms with Gasteiger partial charge in [-0.05, 0) is 17.7 Å². The Balaban J connectivity index is 2.24. The van der Waals surface area contributed by atoms with Crippen molar-refractivity contribution in [3.8, 4) is 0 Å². The molecule has 16 heavy (non-hydrogen) atoms. The number of hydrogen-bond acceptors (Lipinski definition) is 3. The van der Waals surface area contributed by atoms with Crippen molar-refractivity contribution in [3.05, 3.63) is 34.9 Å². The molecule has 0 fully saturated rings. The lowest BCUT2D eigenvalue weighted by molar-refractivity contribution is -0.129. The zero-order valence-electron chi connectivity index (χ0n) is 8.68. The van der Waals surface area contributed by atoms with Gasteiger partial charge in [0.25, 0.3) is 5.91 Å². The molecule has 1 aliphatic heterocycles. The van der Waals surface area contributed by atoms with E-state index in [1.54, 1.807) is 12.1 Å². The maximum Gasteiger partial charge on any atom is 0.262 e. The first-order valence-electron chi connectivity index (χ1n) is 4.88. The van der Waals surface area contributed by atoms with Gasteiger partial charge in [-0.3, -0.25) is 4.79 Å². The predicted molar refractivity (Wildman–Crippen MR) is 61.2 cm³/mol. The van der Waals surface area contributed by atoms with Gasteiger partial charge in [0.1, 0.15) is 0 Å². The lowest BCUT2D eigenvalue weighted by atomic mass is 9.94. The summed E-state index contributed by atoms with van der Waals surface area (Å²) in [6.07, 6.45) is -0.675. The lowest BCUT2D eigenvalue weighted by Crippen LogP contribution is -2.34. The van der Waals surface area contributed by atoms with Crippen LogP contribution in [0.1, 0.15) is 12.5 Å². The summed E-state index contributed by atoms with van der Waals surface area (Å²) in [5.41, 5.74) is 6.81. The van der Waals surface area contributed by atoms with Crippen LogP contribution >= 0.6 is 11.6 Å². The van der Waals surface area contributed by atoms with Crippen LogP contribution in [0.5, 0.6) is 0 Å². The smallest absolute Gasteiger partial charge is 0.262 e. The van der Waals surface area contributed by atoms with Crippen molar-refractivity contribution < 1.29 is 9.63 Å². The molecule has 0 unspecified atom stereocenters. The van der Waals surface area contributed by atoms with E-state index in [1.807, 2.05) is 19.1 Å². The fourth-order valence-corrected chi connectivity index (χ4v) is 1.79. The Morgan fingerprint density at radius 3 is 2.56 bits per heavy atom. The number of oxime groups is 1. The van der Waals surface area contributed by atoms with Crippen molar-refractivity contribution >= 4 is 23.2 Å². The van der Waals surface area contributed by atoms with Gasteiger partial charge in [0, 0.05) is 5.02 Å². The molecule has 2 atom stereocenters. The first kappa shape index (κ1) is 11.0. The van der Waals surface area contributed by atoms with Crippen molar-refractivity contribution in [3.63, 3.8) is 0 Å². The molecule has 0 aromatic heterocycles. The van der Waals surface area contributed by atoms with Crippen LogP contribution in [0, 0.1) is 5.92 Å². The van der Waals surface area contributed by atoms with Gasteiger partial charge in [-0.1, -0.05) is 35.8 Å². The molecule has 2 rings (SSSR count). The average Bonchev–Trinajstić information content (AvgIpc) is 2.61. The molecular weight excluding hydrogens is 228 g/mol. The third-order valence-corrected chi connectivity index (χ3v) is 2.82. The van der Waals surface area contributed by atoms with Crippen LogP contribution in [0.15, 0.2) is 29.4 Å². The van der Waals surface area contributed by atoms with Crippen LogP contribution in [0.25, 0.3) is 0 Å². The standard InChI is InChI=1S/C11H11ClN2O2/c1-6-9(14-16-10(6)11(13)15)7-2-4-8(12)5-3-7/h2-6,10H,1H3,(H2,13,15)/t6-,10-/m0/s1. The molecule has 5 heteroatoms. The zero-order valence-corrected chi connectivity index (χ0v) is 9.44. The first-order chi connectivity index (χ1) is 7.59. The van der Waals surface area contributed by atoms with E-state index in [4.69, 9.17) is 22.2 Å². The number of amides is 1. The molecule has 2 N–H and O–H groups in total. The largest absolute Gasteiger partial charge is 0.381 e. The normalized spacial score (nSPS) is 23.8. The molecule has 0 saturated heterocycles. The van der Waals surface area contributed by atoms with Crippen molar-refractivity contribution in [1.82, 2.24) is 0 Å². The molecular formula is C11H11ClN2O2. The van der Waals surface area contributed by atoms with Gasteiger partial charge in [-0.15, -0.1) is 0 Å². The molecule has 0 spiro atoms. The number of halogens is 1. The Kier molecular flexibility index (Phi) is 2.83. The summed E-state index contributed by atoms with van der Waals surface area (Å²) in [5.74, 6) is -0.640. The average molecular weight is 239 g/mol. The highest BCUT2D eigenvalue weighted by Crippen LogP contribution is 2.23. The maximum atomic E-state index is 11.0. The number of hydrogen-bond donors (Lipinski definition) is 1. The molecule has 1 aromatic carbocycles. The molecule has 0 bridgehead atoms. The number of carbonyl (C=O) groups is 1. The Morgan fingerprint density at radius 1 is 1.44 bits per heavy atom. The number of nitrogens with zero attached hydrogens (tertiary/aromatic N) is 1. The van der Waals surface area contributed by atoms with Gasteiger partial charge in [-0.2, -0.15) is 0 Å². The van der Waals surface area contributed by atoms with Crippen LogP contribution in [0.2, 0.25) is 5.02 Å². The van der Waals surface area contributed by atoms with Crippen molar-refractivity contribution in [2.45, 2.75) is 13.0 Å². The fraction of sp³-hybridized carbons (Fsp3) is 0.273. The third kappa shape index (κ3) is 1.88. The SMILES string of the molecule is C[C@H]1C(c2ccc(Cl)cc2)=NO[C@@H]1C(N)=O. The van der Waals surface area contributed by atoms with Crippen molar-refractivity contribution in [2.24, 2.45) is 16.8 Å². The fourth-order valence-electron chi connectivity index (χ4n) is 1.67. The molecule has 1 heterocycles. The minimum absolute atomic E-state index is 0.140. The molecule has 0 aliphatic carbocycles. The van der Waals surface area contributed by atoms with Crippen LogP contribution in [-0.2, 0) is 9.63 Å². The van der Waals surface area contributed by atoms with Gasteiger partial charge in [-0.25, -0.2) is 0 Å². The van der Waals surface area contributed by atoms with Gasteiger partial charge < -0.3 is 10.6 Å². The second-order valence-corrected chi connectivity index (χ2v) is 4.14. The van der Waals surface area contributed by atoms with E-state index in [-0.39, 0.29) is 5.92 Å². The van der Waals surface area contributed by atoms with Gasteiger partial charge in [0.2, 0.25) is 6.10 Å². The summed E-state index contributed by atoms with van der Waals surface area (Å²) >= 11 is 5.79. The number of rotatable bonds is 2. The molecule has 1 aliphatic rings. The number of primary amides is 1. The number of benzene rings is 1. The second-order valence-electron chi connectivity index (χ2n) is 3.70. The van der Waals surface area contributed by atoms with Crippen molar-refractivity contribution in [2.75, 3.05) is 0 Å². The van der Waals surface area contributed by atoms with E-state index in [0.29, 0.717) is 5.02 Å². The Morgan fingerprint density at radius 2 is 2.06 bits per heavy atom. The number of nitrogens with two attached hydrogens (primary N) is 1. The van der Waals surface area contributed by atoms with E-state index in [9.17, 15) is 4.79 Å². The van der Waals surface area contributed by atoms with Crippen molar-refractivity contribution in [1.29, 1.82) is 0 Å². The highest BCUT2D eigenvalue weighted by atomic mass is 35.5. The van der Waals surface area contributed by atoms with E-state index < -0.39 is 12.0 Å². The Bertz CT molecular complexity index is 442. The minimum atomic E-state index is -0.675. The number of carbonyl (C=O) groups excluding carboxylic acids is 1. The summed E-state index contributed by atoms with van der Waals surface area (Å²) in [7, 11) is 0. The topological polar surface area (TPSA) is 64.7 Å². The van der Waals surface area contributed by atoms with Crippen LogP contribution in [0.4, 0.5) is 0 Å².